The van der Waals surface area contributed by atoms with Gasteiger partial charge < -0.3 is 11.1 Å². The van der Waals surface area contributed by atoms with Crippen LogP contribution in [0.15, 0.2) is 71.2 Å². The maximum Gasteiger partial charge on any atom is 0.251 e. The predicted octanol–water partition coefficient (Wildman–Crippen LogP) is 4.02. The lowest BCUT2D eigenvalue weighted by atomic mass is 10.2. The molecule has 0 bridgehead atoms. The van der Waals surface area contributed by atoms with Crippen molar-refractivity contribution in [2.24, 2.45) is 5.73 Å². The van der Waals surface area contributed by atoms with Crippen molar-refractivity contribution < 1.29 is 14.0 Å². The molecule has 0 atom stereocenters. The quantitative estimate of drug-likeness (QED) is 0.381. The minimum absolute atomic E-state index is 0.0619. The lowest BCUT2D eigenvalue weighted by Crippen LogP contribution is -2.18. The summed E-state index contributed by atoms with van der Waals surface area (Å²) in [4.78, 5) is 23.9. The molecule has 162 valence electrons. The van der Waals surface area contributed by atoms with E-state index >= 15 is 0 Å². The van der Waals surface area contributed by atoms with E-state index in [-0.39, 0.29) is 23.0 Å². The number of carbonyl (C=O) groups excluding carboxylic acids is 2. The zero-order valence-electron chi connectivity index (χ0n) is 16.7. The summed E-state index contributed by atoms with van der Waals surface area (Å²) in [6, 6.07) is 17.4. The zero-order chi connectivity index (χ0) is 22.5. The van der Waals surface area contributed by atoms with Crippen molar-refractivity contribution in [1.29, 1.82) is 0 Å². The molecule has 3 N–H and O–H groups in total. The van der Waals surface area contributed by atoms with Gasteiger partial charge in [0.1, 0.15) is 10.8 Å². The van der Waals surface area contributed by atoms with Gasteiger partial charge >= 0.3 is 0 Å². The Morgan fingerprint density at radius 2 is 1.81 bits per heavy atom. The van der Waals surface area contributed by atoms with Crippen LogP contribution in [0.2, 0.25) is 0 Å². The van der Waals surface area contributed by atoms with Crippen LogP contribution < -0.4 is 11.1 Å². The number of carbonyl (C=O) groups is 2. The largest absolute Gasteiger partial charge is 0.366 e. The van der Waals surface area contributed by atoms with E-state index in [1.54, 1.807) is 23.6 Å². The van der Waals surface area contributed by atoms with Crippen molar-refractivity contribution in [3.63, 3.8) is 0 Å². The molecule has 2 aromatic heterocycles. The number of amides is 2. The van der Waals surface area contributed by atoms with Crippen molar-refractivity contribution in [2.75, 3.05) is 11.1 Å². The van der Waals surface area contributed by atoms with Gasteiger partial charge in [0.05, 0.1) is 17.9 Å². The Labute approximate surface area is 191 Å². The lowest BCUT2D eigenvalue weighted by molar-refractivity contribution is -0.113. The molecule has 7 nitrogen and oxygen atoms in total. The number of halogens is 1. The predicted molar refractivity (Wildman–Crippen MR) is 123 cm³/mol. The normalized spacial score (nSPS) is 10.8. The second kappa shape index (κ2) is 9.75. The van der Waals surface area contributed by atoms with E-state index < -0.39 is 5.91 Å². The first-order valence-electron chi connectivity index (χ1n) is 9.54. The number of hydrogen-bond donors (Lipinski definition) is 2. The Balaban J connectivity index is 1.55. The molecular formula is C22H18FN5O2S2. The maximum absolute atomic E-state index is 13.4. The molecule has 2 amide bonds. The number of nitrogens with two attached hydrogens (primary N) is 1. The molecular weight excluding hydrogens is 449 g/mol. The molecule has 0 spiro atoms. The monoisotopic (exact) mass is 467 g/mol. The number of nitrogens with zero attached hydrogens (tertiary/aromatic N) is 3. The molecule has 32 heavy (non-hydrogen) atoms. The van der Waals surface area contributed by atoms with Crippen LogP contribution in [0, 0.1) is 5.82 Å². The van der Waals surface area contributed by atoms with Crippen molar-refractivity contribution in [1.82, 2.24) is 14.8 Å². The van der Waals surface area contributed by atoms with E-state index in [0.29, 0.717) is 22.5 Å². The average molecular weight is 468 g/mol. The molecule has 0 unspecified atom stereocenters. The molecule has 0 saturated carbocycles. The average Bonchev–Trinajstić information content (AvgIpc) is 3.41. The molecule has 0 saturated heterocycles. The molecule has 2 heterocycles. The van der Waals surface area contributed by atoms with Crippen molar-refractivity contribution in [3.8, 4) is 11.4 Å². The fourth-order valence-electron chi connectivity index (χ4n) is 3.01. The second-order valence-electron chi connectivity index (χ2n) is 6.75. The van der Waals surface area contributed by atoms with Crippen molar-refractivity contribution >= 4 is 39.9 Å². The van der Waals surface area contributed by atoms with Crippen molar-refractivity contribution in [2.45, 2.75) is 11.7 Å². The summed E-state index contributed by atoms with van der Waals surface area (Å²) in [6.45, 7) is 0.487. The number of nitrogens with one attached hydrogen (secondary N) is 1. The third-order valence-electron chi connectivity index (χ3n) is 4.52. The van der Waals surface area contributed by atoms with Crippen LogP contribution in [0.4, 0.5) is 9.39 Å². The van der Waals surface area contributed by atoms with Crippen molar-refractivity contribution in [3.05, 3.63) is 83.0 Å². The van der Waals surface area contributed by atoms with E-state index in [0.717, 1.165) is 11.1 Å². The summed E-state index contributed by atoms with van der Waals surface area (Å²) < 4.78 is 15.3. The highest BCUT2D eigenvalue weighted by molar-refractivity contribution is 7.99. The molecule has 10 heteroatoms. The lowest BCUT2D eigenvalue weighted by Gasteiger charge is -2.11. The van der Waals surface area contributed by atoms with Gasteiger partial charge in [0, 0.05) is 5.56 Å². The topological polar surface area (TPSA) is 103 Å². The second-order valence-corrected chi connectivity index (χ2v) is 8.61. The Kier molecular flexibility index (Phi) is 6.62. The Morgan fingerprint density at radius 1 is 1.06 bits per heavy atom. The van der Waals surface area contributed by atoms with Crippen LogP contribution in [0.1, 0.15) is 15.9 Å². The van der Waals surface area contributed by atoms with Gasteiger partial charge in [0.25, 0.3) is 5.91 Å². The molecule has 2 aromatic carbocycles. The van der Waals surface area contributed by atoms with E-state index in [9.17, 15) is 14.0 Å². The SMILES string of the molecule is NC(=O)c1ccsc1NC(=O)CSc1nnc(-c2ccc(F)cc2)n1Cc1ccccc1. The van der Waals surface area contributed by atoms with Gasteiger partial charge in [0.15, 0.2) is 11.0 Å². The third kappa shape index (κ3) is 5.04. The number of anilines is 1. The van der Waals surface area contributed by atoms with E-state index in [4.69, 9.17) is 5.73 Å². The summed E-state index contributed by atoms with van der Waals surface area (Å²) in [5, 5.41) is 13.9. The summed E-state index contributed by atoms with van der Waals surface area (Å²) in [5.41, 5.74) is 7.36. The fraction of sp³-hybridized carbons (Fsp3) is 0.0909. The molecule has 0 aliphatic carbocycles. The first-order valence-corrected chi connectivity index (χ1v) is 11.4. The minimum Gasteiger partial charge on any atom is -0.366 e. The molecule has 0 radical (unpaired) electrons. The highest BCUT2D eigenvalue weighted by Gasteiger charge is 2.18. The third-order valence-corrected chi connectivity index (χ3v) is 6.32. The van der Waals surface area contributed by atoms with Crippen LogP contribution in [0.5, 0.6) is 0 Å². The molecule has 0 aliphatic heterocycles. The smallest absolute Gasteiger partial charge is 0.251 e. The van der Waals surface area contributed by atoms with Gasteiger partial charge in [0.2, 0.25) is 5.91 Å². The number of thioether (sulfide) groups is 1. The zero-order valence-corrected chi connectivity index (χ0v) is 18.3. The minimum atomic E-state index is -0.597. The summed E-state index contributed by atoms with van der Waals surface area (Å²) in [7, 11) is 0. The van der Waals surface area contributed by atoms with Crippen LogP contribution in [0.3, 0.4) is 0 Å². The van der Waals surface area contributed by atoms with E-state index in [2.05, 4.69) is 15.5 Å². The summed E-state index contributed by atoms with van der Waals surface area (Å²) in [6.07, 6.45) is 0. The van der Waals surface area contributed by atoms with Crippen LogP contribution in [-0.2, 0) is 11.3 Å². The van der Waals surface area contributed by atoms with Gasteiger partial charge in [-0.2, -0.15) is 0 Å². The highest BCUT2D eigenvalue weighted by Crippen LogP contribution is 2.27. The Hall–Kier alpha value is -3.50. The standard InChI is InChI=1S/C22H18FN5O2S2/c23-16-8-6-15(7-9-16)20-26-27-22(28(20)12-14-4-2-1-3-5-14)32-13-18(29)25-21-17(19(24)30)10-11-31-21/h1-11H,12-13H2,(H2,24,30)(H,25,29). The van der Waals surface area contributed by atoms with Gasteiger partial charge in [-0.05, 0) is 41.3 Å². The Morgan fingerprint density at radius 3 is 2.53 bits per heavy atom. The number of benzene rings is 2. The molecule has 4 aromatic rings. The number of primary amides is 1. The van der Waals surface area contributed by atoms with Gasteiger partial charge in [-0.1, -0.05) is 42.1 Å². The number of aromatic nitrogens is 3. The number of thiophene rings is 1. The summed E-state index contributed by atoms with van der Waals surface area (Å²) in [5.74, 6) is -0.589. The molecule has 4 rings (SSSR count). The number of rotatable bonds is 8. The van der Waals surface area contributed by atoms with Crippen LogP contribution in [-0.4, -0.2) is 32.3 Å². The number of hydrogen-bond acceptors (Lipinski definition) is 6. The highest BCUT2D eigenvalue weighted by atomic mass is 32.2. The Bertz CT molecular complexity index is 1240. The summed E-state index contributed by atoms with van der Waals surface area (Å²) >= 11 is 2.45. The van der Waals surface area contributed by atoms with Gasteiger partial charge in [-0.25, -0.2) is 4.39 Å². The van der Waals surface area contributed by atoms with Gasteiger partial charge in [-0.15, -0.1) is 21.5 Å². The van der Waals surface area contributed by atoms with E-state index in [1.165, 1.54) is 35.2 Å². The first-order chi connectivity index (χ1) is 15.5. The fourth-order valence-corrected chi connectivity index (χ4v) is 4.56. The molecule has 0 fully saturated rings. The molecule has 0 aliphatic rings. The first kappa shape index (κ1) is 21.7. The van der Waals surface area contributed by atoms with Gasteiger partial charge in [-0.3, -0.25) is 14.2 Å². The van der Waals surface area contributed by atoms with E-state index in [1.807, 2.05) is 34.9 Å². The maximum atomic E-state index is 13.4. The van der Waals surface area contributed by atoms with Crippen LogP contribution in [0.25, 0.3) is 11.4 Å². The van der Waals surface area contributed by atoms with Crippen LogP contribution >= 0.6 is 23.1 Å².